The van der Waals surface area contributed by atoms with E-state index >= 15 is 0 Å². The summed E-state index contributed by atoms with van der Waals surface area (Å²) in [4.78, 5) is 10.3. The number of carbonyl (C=O) groups excluding carboxylic acids is 1. The van der Waals surface area contributed by atoms with Crippen LogP contribution in [0.5, 0.6) is 0 Å². The predicted octanol–water partition coefficient (Wildman–Crippen LogP) is 2.36. The zero-order valence-corrected chi connectivity index (χ0v) is 9.01. The van der Waals surface area contributed by atoms with E-state index in [0.29, 0.717) is 0 Å². The first kappa shape index (κ1) is 13.3. The molecule has 0 heterocycles. The highest BCUT2D eigenvalue weighted by atomic mass is 35.5. The normalized spacial score (nSPS) is 11.8. The topological polar surface area (TPSA) is 67.5 Å². The second-order valence-electron chi connectivity index (χ2n) is 2.93. The van der Waals surface area contributed by atoms with Gasteiger partial charge in [0.15, 0.2) is 0 Å². The van der Waals surface area contributed by atoms with Crippen LogP contribution in [0.3, 0.4) is 0 Å². The summed E-state index contributed by atoms with van der Waals surface area (Å²) < 4.78 is 37.7. The van der Waals surface area contributed by atoms with Crippen molar-refractivity contribution >= 4 is 23.8 Å². The summed E-state index contributed by atoms with van der Waals surface area (Å²) in [5.41, 5.74) is 5.20. The highest BCUT2D eigenvalue weighted by Crippen LogP contribution is 2.33. The zero-order valence-electron chi connectivity index (χ0n) is 8.25. The number of primary amides is 1. The number of nitrogens with one attached hydrogen (secondary N) is 1. The van der Waals surface area contributed by atoms with E-state index in [2.05, 4.69) is 5.10 Å². The van der Waals surface area contributed by atoms with Gasteiger partial charge in [-0.2, -0.15) is 18.3 Å². The predicted molar refractivity (Wildman–Crippen MR) is 56.8 cm³/mol. The van der Waals surface area contributed by atoms with Gasteiger partial charge in [-0.15, -0.1) is 0 Å². The smallest absolute Gasteiger partial charge is 0.350 e. The summed E-state index contributed by atoms with van der Waals surface area (Å²) in [5.74, 6) is 0. The lowest BCUT2D eigenvalue weighted by Gasteiger charge is -2.10. The molecule has 2 amide bonds. The van der Waals surface area contributed by atoms with Gasteiger partial charge in [-0.05, 0) is 12.1 Å². The number of amides is 2. The summed E-state index contributed by atoms with van der Waals surface area (Å²) in [7, 11) is 0. The average molecular weight is 266 g/mol. The molecule has 1 aromatic carbocycles. The van der Waals surface area contributed by atoms with Crippen LogP contribution < -0.4 is 11.2 Å². The van der Waals surface area contributed by atoms with Crippen molar-refractivity contribution in [3.05, 3.63) is 34.3 Å². The van der Waals surface area contributed by atoms with E-state index in [-0.39, 0.29) is 10.6 Å². The fraction of sp³-hybridized carbons (Fsp3) is 0.111. The molecule has 0 unspecified atom stereocenters. The van der Waals surface area contributed by atoms with Crippen LogP contribution in [0.4, 0.5) is 18.0 Å². The van der Waals surface area contributed by atoms with Gasteiger partial charge in [-0.3, -0.25) is 0 Å². The van der Waals surface area contributed by atoms with Crippen LogP contribution in [0.15, 0.2) is 23.3 Å². The van der Waals surface area contributed by atoms with Crippen LogP contribution in [0, 0.1) is 0 Å². The molecule has 0 fully saturated rings. The van der Waals surface area contributed by atoms with Gasteiger partial charge in [0.1, 0.15) is 0 Å². The van der Waals surface area contributed by atoms with E-state index in [1.807, 2.05) is 0 Å². The van der Waals surface area contributed by atoms with Crippen molar-refractivity contribution in [2.75, 3.05) is 0 Å². The number of carbonyl (C=O) groups is 1. The number of nitrogens with zero attached hydrogens (tertiary/aromatic N) is 1. The van der Waals surface area contributed by atoms with Crippen molar-refractivity contribution in [1.82, 2.24) is 5.43 Å². The molecular weight excluding hydrogens is 259 g/mol. The van der Waals surface area contributed by atoms with E-state index < -0.39 is 17.8 Å². The molecule has 0 aliphatic heterocycles. The van der Waals surface area contributed by atoms with E-state index in [0.717, 1.165) is 12.3 Å². The van der Waals surface area contributed by atoms with Crippen LogP contribution in [0.2, 0.25) is 5.02 Å². The van der Waals surface area contributed by atoms with Gasteiger partial charge in [0, 0.05) is 5.56 Å². The monoisotopic (exact) mass is 265 g/mol. The summed E-state index contributed by atoms with van der Waals surface area (Å²) in [6, 6.07) is 2.33. The van der Waals surface area contributed by atoms with Crippen molar-refractivity contribution in [2.45, 2.75) is 6.18 Å². The first-order valence-corrected chi connectivity index (χ1v) is 4.64. The Morgan fingerprint density at radius 2 is 2.12 bits per heavy atom. The van der Waals surface area contributed by atoms with Gasteiger partial charge >= 0.3 is 12.2 Å². The minimum atomic E-state index is -4.56. The van der Waals surface area contributed by atoms with Crippen molar-refractivity contribution in [1.29, 1.82) is 0 Å². The second-order valence-corrected chi connectivity index (χ2v) is 3.34. The van der Waals surface area contributed by atoms with Crippen LogP contribution in [-0.2, 0) is 6.18 Å². The number of urea groups is 1. The molecule has 0 saturated carbocycles. The van der Waals surface area contributed by atoms with E-state index in [1.54, 1.807) is 5.43 Å². The Hall–Kier alpha value is -1.76. The molecule has 0 spiro atoms. The Bertz CT molecular complexity index is 459. The SMILES string of the molecule is NC(=O)NN=Cc1c(Cl)cccc1C(F)(F)F. The molecule has 0 aliphatic rings. The quantitative estimate of drug-likeness (QED) is 0.625. The third-order valence-corrected chi connectivity index (χ3v) is 2.06. The number of halogens is 4. The number of alkyl halides is 3. The number of rotatable bonds is 2. The maximum atomic E-state index is 12.6. The molecule has 3 N–H and O–H groups in total. The summed E-state index contributed by atoms with van der Waals surface area (Å²) in [5, 5.41) is 3.11. The van der Waals surface area contributed by atoms with Gasteiger partial charge in [0.2, 0.25) is 0 Å². The first-order chi connectivity index (χ1) is 7.82. The Morgan fingerprint density at radius 3 is 2.65 bits per heavy atom. The summed E-state index contributed by atoms with van der Waals surface area (Å²) in [6.07, 6.45) is -3.77. The molecule has 0 aromatic heterocycles. The van der Waals surface area contributed by atoms with E-state index in [1.165, 1.54) is 12.1 Å². The standard InChI is InChI=1S/C9H7ClF3N3O/c10-7-3-1-2-6(9(11,12)13)5(7)4-15-16-8(14)17/h1-4H,(H3,14,16,17). The van der Waals surface area contributed by atoms with Gasteiger partial charge in [-0.1, -0.05) is 17.7 Å². The number of hydrogen-bond donors (Lipinski definition) is 2. The van der Waals surface area contributed by atoms with Gasteiger partial charge in [0.05, 0.1) is 16.8 Å². The fourth-order valence-electron chi connectivity index (χ4n) is 1.08. The van der Waals surface area contributed by atoms with Crippen LogP contribution in [0.1, 0.15) is 11.1 Å². The Kier molecular flexibility index (Phi) is 3.95. The Balaban J connectivity index is 3.13. The molecule has 1 rings (SSSR count). The Labute approximate surface area is 99.2 Å². The largest absolute Gasteiger partial charge is 0.417 e. The van der Waals surface area contributed by atoms with Gasteiger partial charge < -0.3 is 5.73 Å². The lowest BCUT2D eigenvalue weighted by Crippen LogP contribution is -2.24. The molecule has 0 aliphatic carbocycles. The van der Waals surface area contributed by atoms with Crippen molar-refractivity contribution < 1.29 is 18.0 Å². The minimum Gasteiger partial charge on any atom is -0.350 e. The van der Waals surface area contributed by atoms with Crippen LogP contribution in [-0.4, -0.2) is 12.2 Å². The summed E-state index contributed by atoms with van der Waals surface area (Å²) >= 11 is 5.62. The molecular formula is C9H7ClF3N3O. The van der Waals surface area contributed by atoms with Crippen LogP contribution in [0.25, 0.3) is 0 Å². The molecule has 17 heavy (non-hydrogen) atoms. The van der Waals surface area contributed by atoms with E-state index in [9.17, 15) is 18.0 Å². The lowest BCUT2D eigenvalue weighted by atomic mass is 10.1. The van der Waals surface area contributed by atoms with E-state index in [4.69, 9.17) is 17.3 Å². The van der Waals surface area contributed by atoms with Crippen molar-refractivity contribution in [3.8, 4) is 0 Å². The van der Waals surface area contributed by atoms with Crippen molar-refractivity contribution in [2.24, 2.45) is 10.8 Å². The molecule has 4 nitrogen and oxygen atoms in total. The first-order valence-electron chi connectivity index (χ1n) is 4.26. The molecule has 0 saturated heterocycles. The maximum Gasteiger partial charge on any atom is 0.417 e. The molecule has 0 bridgehead atoms. The third-order valence-electron chi connectivity index (χ3n) is 1.73. The molecule has 0 radical (unpaired) electrons. The molecule has 92 valence electrons. The molecule has 1 aromatic rings. The number of hydrogen-bond acceptors (Lipinski definition) is 2. The van der Waals surface area contributed by atoms with Gasteiger partial charge in [-0.25, -0.2) is 10.2 Å². The Morgan fingerprint density at radius 1 is 1.47 bits per heavy atom. The highest BCUT2D eigenvalue weighted by molar-refractivity contribution is 6.33. The third kappa shape index (κ3) is 3.63. The maximum absolute atomic E-state index is 12.6. The fourth-order valence-corrected chi connectivity index (χ4v) is 1.30. The average Bonchev–Trinajstić information content (AvgIpc) is 2.18. The second kappa shape index (κ2) is 5.05. The molecule has 0 atom stereocenters. The zero-order chi connectivity index (χ0) is 13.1. The number of benzene rings is 1. The highest BCUT2D eigenvalue weighted by Gasteiger charge is 2.33. The summed E-state index contributed by atoms with van der Waals surface area (Å²) in [6.45, 7) is 0. The van der Waals surface area contributed by atoms with Crippen LogP contribution >= 0.6 is 11.6 Å². The lowest BCUT2D eigenvalue weighted by molar-refractivity contribution is -0.137. The van der Waals surface area contributed by atoms with Gasteiger partial charge in [0.25, 0.3) is 0 Å². The number of nitrogens with two attached hydrogens (primary N) is 1. The minimum absolute atomic E-state index is 0.130. The van der Waals surface area contributed by atoms with Crippen molar-refractivity contribution in [3.63, 3.8) is 0 Å². The number of hydrazone groups is 1. The molecule has 8 heteroatoms.